The molecule has 1 aliphatic heterocycles. The van der Waals surface area contributed by atoms with Gasteiger partial charge in [-0.05, 0) is 38.9 Å². The number of aromatic hydroxyl groups is 1. The Morgan fingerprint density at radius 3 is 2.33 bits per heavy atom. The molecule has 1 aromatic rings. The van der Waals surface area contributed by atoms with Crippen LogP contribution in [0.3, 0.4) is 0 Å². The van der Waals surface area contributed by atoms with Crippen molar-refractivity contribution in [3.63, 3.8) is 0 Å². The SMILES string of the molecule is CC(c1ccc(F)cc1O)N1CCCCCCC1. The zero-order chi connectivity index (χ0) is 13.0. The largest absolute Gasteiger partial charge is 0.508 e. The van der Waals surface area contributed by atoms with E-state index in [1.54, 1.807) is 6.07 Å². The van der Waals surface area contributed by atoms with E-state index in [0.717, 1.165) is 18.7 Å². The molecule has 1 saturated heterocycles. The van der Waals surface area contributed by atoms with Crippen molar-refractivity contribution < 1.29 is 9.50 Å². The molecule has 1 atom stereocenters. The molecule has 0 aromatic heterocycles. The molecule has 1 aromatic carbocycles. The van der Waals surface area contributed by atoms with Crippen LogP contribution >= 0.6 is 0 Å². The number of nitrogens with zero attached hydrogens (tertiary/aromatic N) is 1. The van der Waals surface area contributed by atoms with Crippen molar-refractivity contribution in [1.82, 2.24) is 4.90 Å². The van der Waals surface area contributed by atoms with Crippen molar-refractivity contribution in [2.75, 3.05) is 13.1 Å². The van der Waals surface area contributed by atoms with E-state index in [1.165, 1.54) is 44.2 Å². The third kappa shape index (κ3) is 3.22. The van der Waals surface area contributed by atoms with Gasteiger partial charge in [-0.15, -0.1) is 0 Å². The molecule has 100 valence electrons. The Bertz CT molecular complexity index is 386. The average Bonchev–Trinajstić information content (AvgIpc) is 2.27. The van der Waals surface area contributed by atoms with E-state index in [-0.39, 0.29) is 17.6 Å². The van der Waals surface area contributed by atoms with E-state index >= 15 is 0 Å². The number of halogens is 1. The fraction of sp³-hybridized carbons (Fsp3) is 0.600. The third-order valence-corrected chi connectivity index (χ3v) is 3.88. The number of likely N-dealkylation sites (tertiary alicyclic amines) is 1. The Morgan fingerprint density at radius 2 is 1.72 bits per heavy atom. The monoisotopic (exact) mass is 251 g/mol. The Hall–Kier alpha value is -1.09. The normalized spacial score (nSPS) is 20.1. The second-order valence-electron chi connectivity index (χ2n) is 5.18. The summed E-state index contributed by atoms with van der Waals surface area (Å²) in [4.78, 5) is 2.39. The van der Waals surface area contributed by atoms with E-state index in [0.29, 0.717) is 0 Å². The van der Waals surface area contributed by atoms with Crippen molar-refractivity contribution in [3.05, 3.63) is 29.6 Å². The first-order chi connectivity index (χ1) is 8.68. The first-order valence-corrected chi connectivity index (χ1v) is 6.91. The molecule has 0 aliphatic carbocycles. The minimum absolute atomic E-state index is 0.0737. The molecule has 1 N–H and O–H groups in total. The predicted octanol–water partition coefficient (Wildman–Crippen LogP) is 3.86. The molecular weight excluding hydrogens is 229 g/mol. The fourth-order valence-electron chi connectivity index (χ4n) is 2.73. The van der Waals surface area contributed by atoms with Crippen LogP contribution < -0.4 is 0 Å². The fourth-order valence-corrected chi connectivity index (χ4v) is 2.73. The lowest BCUT2D eigenvalue weighted by molar-refractivity contribution is 0.189. The highest BCUT2D eigenvalue weighted by Gasteiger charge is 2.19. The summed E-state index contributed by atoms with van der Waals surface area (Å²) >= 11 is 0. The van der Waals surface area contributed by atoms with Crippen LogP contribution in [-0.2, 0) is 0 Å². The van der Waals surface area contributed by atoms with E-state index in [2.05, 4.69) is 11.8 Å². The van der Waals surface area contributed by atoms with Gasteiger partial charge in [0.05, 0.1) is 0 Å². The van der Waals surface area contributed by atoms with Gasteiger partial charge >= 0.3 is 0 Å². The molecule has 0 saturated carbocycles. The zero-order valence-corrected chi connectivity index (χ0v) is 11.0. The summed E-state index contributed by atoms with van der Waals surface area (Å²) in [6.45, 7) is 4.23. The molecule has 0 amide bonds. The number of hydrogen-bond donors (Lipinski definition) is 1. The molecule has 2 nitrogen and oxygen atoms in total. The lowest BCUT2D eigenvalue weighted by Crippen LogP contribution is -2.30. The van der Waals surface area contributed by atoms with Crippen LogP contribution in [0.5, 0.6) is 5.75 Å². The maximum Gasteiger partial charge on any atom is 0.126 e. The van der Waals surface area contributed by atoms with E-state index in [4.69, 9.17) is 0 Å². The topological polar surface area (TPSA) is 23.5 Å². The van der Waals surface area contributed by atoms with Gasteiger partial charge < -0.3 is 5.11 Å². The number of phenols is 1. The van der Waals surface area contributed by atoms with Gasteiger partial charge in [0.2, 0.25) is 0 Å². The molecule has 0 spiro atoms. The standard InChI is InChI=1S/C15H22FNO/c1-12(14-8-7-13(16)11-15(14)18)17-9-5-3-2-4-6-10-17/h7-8,11-12,18H,2-6,9-10H2,1H3. The van der Waals surface area contributed by atoms with Crippen LogP contribution in [0.1, 0.15) is 50.6 Å². The molecule has 1 fully saturated rings. The van der Waals surface area contributed by atoms with Gasteiger partial charge in [-0.1, -0.05) is 25.3 Å². The second-order valence-corrected chi connectivity index (χ2v) is 5.18. The summed E-state index contributed by atoms with van der Waals surface area (Å²) in [5.41, 5.74) is 0.831. The molecule has 0 radical (unpaired) electrons. The lowest BCUT2D eigenvalue weighted by atomic mass is 10.0. The van der Waals surface area contributed by atoms with Crippen LogP contribution in [0.15, 0.2) is 18.2 Å². The summed E-state index contributed by atoms with van der Waals surface area (Å²) in [5, 5.41) is 9.85. The average molecular weight is 251 g/mol. The van der Waals surface area contributed by atoms with Gasteiger partial charge in [-0.25, -0.2) is 4.39 Å². The van der Waals surface area contributed by atoms with Crippen LogP contribution in [0, 0.1) is 5.82 Å². The lowest BCUT2D eigenvalue weighted by Gasteiger charge is -2.31. The highest BCUT2D eigenvalue weighted by molar-refractivity contribution is 5.34. The smallest absolute Gasteiger partial charge is 0.126 e. The van der Waals surface area contributed by atoms with Gasteiger partial charge in [0, 0.05) is 17.7 Å². The van der Waals surface area contributed by atoms with Crippen LogP contribution in [0.4, 0.5) is 4.39 Å². The second kappa shape index (κ2) is 6.19. The van der Waals surface area contributed by atoms with E-state index < -0.39 is 0 Å². The Balaban J connectivity index is 2.10. The summed E-state index contributed by atoms with van der Waals surface area (Å²) in [7, 11) is 0. The van der Waals surface area contributed by atoms with Crippen LogP contribution in [0.25, 0.3) is 0 Å². The zero-order valence-electron chi connectivity index (χ0n) is 11.0. The molecule has 1 heterocycles. The molecule has 1 aliphatic rings. The molecule has 3 heteroatoms. The van der Waals surface area contributed by atoms with Crippen molar-refractivity contribution in [1.29, 1.82) is 0 Å². The Morgan fingerprint density at radius 1 is 1.11 bits per heavy atom. The van der Waals surface area contributed by atoms with Gasteiger partial charge in [0.25, 0.3) is 0 Å². The Kier molecular flexibility index (Phi) is 4.59. The molecule has 18 heavy (non-hydrogen) atoms. The summed E-state index contributed by atoms with van der Waals surface area (Å²) in [5.74, 6) is -0.305. The third-order valence-electron chi connectivity index (χ3n) is 3.88. The van der Waals surface area contributed by atoms with Crippen molar-refractivity contribution in [3.8, 4) is 5.75 Å². The molecular formula is C15H22FNO. The van der Waals surface area contributed by atoms with Crippen molar-refractivity contribution in [2.45, 2.75) is 45.1 Å². The quantitative estimate of drug-likeness (QED) is 0.862. The van der Waals surface area contributed by atoms with Gasteiger partial charge in [-0.2, -0.15) is 0 Å². The highest BCUT2D eigenvalue weighted by Crippen LogP contribution is 2.30. The molecule has 1 unspecified atom stereocenters. The number of rotatable bonds is 2. The van der Waals surface area contributed by atoms with Crippen LogP contribution in [0.2, 0.25) is 0 Å². The van der Waals surface area contributed by atoms with Gasteiger partial charge in [0.15, 0.2) is 0 Å². The maximum atomic E-state index is 13.0. The first-order valence-electron chi connectivity index (χ1n) is 6.91. The summed E-state index contributed by atoms with van der Waals surface area (Å²) in [6, 6.07) is 4.49. The summed E-state index contributed by atoms with van der Waals surface area (Å²) < 4.78 is 13.0. The van der Waals surface area contributed by atoms with E-state index in [9.17, 15) is 9.50 Å². The number of benzene rings is 1. The highest BCUT2D eigenvalue weighted by atomic mass is 19.1. The Labute approximate surface area is 108 Å². The van der Waals surface area contributed by atoms with Gasteiger partial charge in [0.1, 0.15) is 11.6 Å². The summed E-state index contributed by atoms with van der Waals surface area (Å²) in [6.07, 6.45) is 6.35. The molecule has 0 bridgehead atoms. The first kappa shape index (κ1) is 13.3. The number of hydrogen-bond acceptors (Lipinski definition) is 2. The van der Waals surface area contributed by atoms with Crippen molar-refractivity contribution in [2.24, 2.45) is 0 Å². The van der Waals surface area contributed by atoms with Crippen LogP contribution in [-0.4, -0.2) is 23.1 Å². The van der Waals surface area contributed by atoms with E-state index in [1.807, 2.05) is 0 Å². The van der Waals surface area contributed by atoms with Crippen molar-refractivity contribution >= 4 is 0 Å². The predicted molar refractivity (Wildman–Crippen MR) is 71.1 cm³/mol. The molecule has 2 rings (SSSR count). The minimum atomic E-state index is -0.379. The minimum Gasteiger partial charge on any atom is -0.508 e. The number of phenolic OH excluding ortho intramolecular Hbond substituents is 1. The van der Waals surface area contributed by atoms with Gasteiger partial charge in [-0.3, -0.25) is 4.90 Å². The maximum absolute atomic E-state index is 13.0.